The fraction of sp³-hybridized carbons (Fsp3) is 0.0588. The third-order valence-electron chi connectivity index (χ3n) is 3.42. The van der Waals surface area contributed by atoms with Gasteiger partial charge < -0.3 is 4.42 Å². The van der Waals surface area contributed by atoms with Gasteiger partial charge in [0.1, 0.15) is 5.58 Å². The van der Waals surface area contributed by atoms with Crippen LogP contribution in [-0.2, 0) is 4.79 Å². The Bertz CT molecular complexity index is 985. The molecule has 108 valence electrons. The molecular formula is C17H10ClNO3. The zero-order chi connectivity index (χ0) is 15.7. The maximum absolute atomic E-state index is 12.1. The lowest BCUT2D eigenvalue weighted by atomic mass is 9.96. The average Bonchev–Trinajstić information content (AvgIpc) is 2.50. The van der Waals surface area contributed by atoms with E-state index in [0.717, 1.165) is 11.1 Å². The summed E-state index contributed by atoms with van der Waals surface area (Å²) in [6.07, 6.45) is 1.42. The molecule has 3 aromatic rings. The van der Waals surface area contributed by atoms with Crippen LogP contribution in [-0.4, -0.2) is 6.08 Å². The monoisotopic (exact) mass is 311 g/mol. The Morgan fingerprint density at radius 2 is 1.95 bits per heavy atom. The number of aryl methyl sites for hydroxylation is 1. The summed E-state index contributed by atoms with van der Waals surface area (Å²) in [4.78, 5) is 26.4. The second-order valence-electron chi connectivity index (χ2n) is 4.77. The van der Waals surface area contributed by atoms with Crippen LogP contribution in [0.25, 0.3) is 22.1 Å². The minimum Gasteiger partial charge on any atom is -0.421 e. The molecule has 0 fully saturated rings. The zero-order valence-corrected chi connectivity index (χ0v) is 12.3. The van der Waals surface area contributed by atoms with Gasteiger partial charge in [-0.1, -0.05) is 35.9 Å². The summed E-state index contributed by atoms with van der Waals surface area (Å²) in [5.74, 6) is 0. The van der Waals surface area contributed by atoms with Crippen LogP contribution < -0.4 is 5.63 Å². The first-order chi connectivity index (χ1) is 10.6. The summed E-state index contributed by atoms with van der Waals surface area (Å²) in [7, 11) is 0. The van der Waals surface area contributed by atoms with Crippen molar-refractivity contribution in [2.45, 2.75) is 6.92 Å². The van der Waals surface area contributed by atoms with Crippen molar-refractivity contribution in [1.82, 2.24) is 0 Å². The minimum atomic E-state index is -0.684. The highest BCUT2D eigenvalue weighted by Gasteiger charge is 2.17. The normalized spacial score (nSPS) is 10.5. The second kappa shape index (κ2) is 5.60. The zero-order valence-electron chi connectivity index (χ0n) is 11.6. The average molecular weight is 312 g/mol. The summed E-state index contributed by atoms with van der Waals surface area (Å²) in [6.45, 7) is 1.91. The van der Waals surface area contributed by atoms with Crippen LogP contribution in [0.1, 0.15) is 5.56 Å². The molecule has 2 aromatic carbocycles. The van der Waals surface area contributed by atoms with E-state index in [2.05, 4.69) is 4.99 Å². The molecule has 0 aliphatic carbocycles. The van der Waals surface area contributed by atoms with Gasteiger partial charge in [0.15, 0.2) is 5.69 Å². The first kappa shape index (κ1) is 14.3. The van der Waals surface area contributed by atoms with Crippen LogP contribution in [0.3, 0.4) is 0 Å². The number of rotatable bonds is 2. The highest BCUT2D eigenvalue weighted by atomic mass is 35.5. The van der Waals surface area contributed by atoms with E-state index in [9.17, 15) is 9.59 Å². The van der Waals surface area contributed by atoms with Crippen molar-refractivity contribution in [2.24, 2.45) is 4.99 Å². The molecule has 5 heteroatoms. The quantitative estimate of drug-likeness (QED) is 0.400. The Balaban J connectivity index is 2.56. The minimum absolute atomic E-state index is 0.0703. The lowest BCUT2D eigenvalue weighted by molar-refractivity contribution is 0.557. The van der Waals surface area contributed by atoms with Crippen LogP contribution in [0.2, 0.25) is 5.02 Å². The molecule has 0 spiro atoms. The molecule has 0 atom stereocenters. The van der Waals surface area contributed by atoms with Crippen LogP contribution in [0.4, 0.5) is 5.69 Å². The van der Waals surface area contributed by atoms with Gasteiger partial charge in [0.05, 0.1) is 0 Å². The Morgan fingerprint density at radius 1 is 1.18 bits per heavy atom. The predicted octanol–water partition coefficient (Wildman–Crippen LogP) is 4.39. The fourth-order valence-electron chi connectivity index (χ4n) is 2.44. The summed E-state index contributed by atoms with van der Waals surface area (Å²) in [6, 6.07) is 12.4. The number of hydrogen-bond acceptors (Lipinski definition) is 4. The standard InChI is InChI=1S/C17H10ClNO3/c1-10-4-2-3-5-12(10)15-13-8-11(18)6-7-14(13)22-17(21)16(15)19-9-20/h2-8H,1H3. The molecule has 0 amide bonds. The number of aliphatic imine (C=N–C) groups is 1. The molecular weight excluding hydrogens is 302 g/mol. The number of nitrogens with zero attached hydrogens (tertiary/aromatic N) is 1. The first-order valence-electron chi connectivity index (χ1n) is 6.52. The molecule has 22 heavy (non-hydrogen) atoms. The molecule has 0 aliphatic rings. The van der Waals surface area contributed by atoms with Gasteiger partial charge in [0, 0.05) is 16.0 Å². The van der Waals surface area contributed by atoms with E-state index in [0.29, 0.717) is 21.6 Å². The molecule has 1 heterocycles. The number of isocyanates is 1. The van der Waals surface area contributed by atoms with Gasteiger partial charge in [-0.2, -0.15) is 4.99 Å². The predicted molar refractivity (Wildman–Crippen MR) is 85.4 cm³/mol. The Kier molecular flexibility index (Phi) is 3.63. The summed E-state index contributed by atoms with van der Waals surface area (Å²) in [5, 5.41) is 1.12. The largest absolute Gasteiger partial charge is 0.421 e. The molecule has 0 saturated heterocycles. The van der Waals surface area contributed by atoms with E-state index >= 15 is 0 Å². The van der Waals surface area contributed by atoms with E-state index in [-0.39, 0.29) is 5.69 Å². The van der Waals surface area contributed by atoms with Crippen molar-refractivity contribution in [3.05, 3.63) is 63.5 Å². The Hall–Kier alpha value is -2.68. The van der Waals surface area contributed by atoms with E-state index in [1.807, 2.05) is 31.2 Å². The van der Waals surface area contributed by atoms with Crippen LogP contribution in [0, 0.1) is 6.92 Å². The molecule has 0 aliphatic heterocycles. The molecule has 1 aromatic heterocycles. The van der Waals surface area contributed by atoms with Crippen LogP contribution in [0.5, 0.6) is 0 Å². The maximum atomic E-state index is 12.1. The van der Waals surface area contributed by atoms with Gasteiger partial charge in [-0.05, 0) is 36.2 Å². The van der Waals surface area contributed by atoms with Crippen LogP contribution in [0.15, 0.2) is 56.7 Å². The first-order valence-corrected chi connectivity index (χ1v) is 6.90. The van der Waals surface area contributed by atoms with E-state index < -0.39 is 5.63 Å². The van der Waals surface area contributed by atoms with E-state index in [1.54, 1.807) is 18.2 Å². The summed E-state index contributed by atoms with van der Waals surface area (Å²) in [5.41, 5.74) is 1.89. The van der Waals surface area contributed by atoms with Crippen molar-refractivity contribution < 1.29 is 9.21 Å². The number of carbonyl (C=O) groups excluding carboxylic acids is 1. The lowest BCUT2D eigenvalue weighted by Gasteiger charge is -2.11. The van der Waals surface area contributed by atoms with Crippen molar-refractivity contribution >= 4 is 34.3 Å². The number of benzene rings is 2. The summed E-state index contributed by atoms with van der Waals surface area (Å²) < 4.78 is 5.22. The number of hydrogen-bond donors (Lipinski definition) is 0. The molecule has 0 unspecified atom stereocenters. The Morgan fingerprint density at radius 3 is 2.68 bits per heavy atom. The van der Waals surface area contributed by atoms with E-state index in [1.165, 1.54) is 6.08 Å². The van der Waals surface area contributed by atoms with Gasteiger partial charge in [-0.3, -0.25) is 0 Å². The molecule has 0 radical (unpaired) electrons. The van der Waals surface area contributed by atoms with Gasteiger partial charge in [0.25, 0.3) is 0 Å². The number of halogens is 1. The second-order valence-corrected chi connectivity index (χ2v) is 5.21. The topological polar surface area (TPSA) is 59.6 Å². The molecule has 0 saturated carbocycles. The Labute approximate surface area is 130 Å². The van der Waals surface area contributed by atoms with Gasteiger partial charge in [0.2, 0.25) is 6.08 Å². The van der Waals surface area contributed by atoms with E-state index in [4.69, 9.17) is 16.0 Å². The van der Waals surface area contributed by atoms with Crippen molar-refractivity contribution in [2.75, 3.05) is 0 Å². The van der Waals surface area contributed by atoms with Crippen LogP contribution >= 0.6 is 11.6 Å². The van der Waals surface area contributed by atoms with Crippen molar-refractivity contribution in [3.8, 4) is 11.1 Å². The maximum Gasteiger partial charge on any atom is 0.363 e. The lowest BCUT2D eigenvalue weighted by Crippen LogP contribution is -2.01. The van der Waals surface area contributed by atoms with Crippen molar-refractivity contribution in [3.63, 3.8) is 0 Å². The highest BCUT2D eigenvalue weighted by Crippen LogP contribution is 2.37. The third kappa shape index (κ3) is 2.35. The molecule has 0 N–H and O–H groups in total. The smallest absolute Gasteiger partial charge is 0.363 e. The molecule has 4 nitrogen and oxygen atoms in total. The molecule has 3 rings (SSSR count). The SMILES string of the molecule is Cc1ccccc1-c1c(N=C=O)c(=O)oc2ccc(Cl)cc12. The third-order valence-corrected chi connectivity index (χ3v) is 3.65. The highest BCUT2D eigenvalue weighted by molar-refractivity contribution is 6.31. The van der Waals surface area contributed by atoms with Gasteiger partial charge in [-0.15, -0.1) is 0 Å². The van der Waals surface area contributed by atoms with Crippen molar-refractivity contribution in [1.29, 1.82) is 0 Å². The number of fused-ring (bicyclic) bond motifs is 1. The van der Waals surface area contributed by atoms with Gasteiger partial charge in [-0.25, -0.2) is 9.59 Å². The van der Waals surface area contributed by atoms with Gasteiger partial charge >= 0.3 is 5.63 Å². The summed E-state index contributed by atoms with van der Waals surface area (Å²) >= 11 is 6.06. The molecule has 0 bridgehead atoms. The fourth-order valence-corrected chi connectivity index (χ4v) is 2.61.